The summed E-state index contributed by atoms with van der Waals surface area (Å²) in [5.41, 5.74) is 48.6. The molecule has 0 radical (unpaired) electrons. The fraction of sp³-hybridized carbons (Fsp3) is 0.0137. The van der Waals surface area contributed by atoms with Crippen molar-refractivity contribution in [2.75, 3.05) is 9.80 Å². The Hall–Kier alpha value is -19.1. The molecule has 24 aromatic carbocycles. The molecule has 2 nitrogen and oxygen atoms in total. The van der Waals surface area contributed by atoms with Crippen LogP contribution in [0.15, 0.2) is 619 Å². The minimum absolute atomic E-state index is 0.587. The smallest absolute Gasteiger partial charge is 0.0714 e. The minimum Gasteiger partial charge on any atom is -0.310 e. The van der Waals surface area contributed by atoms with E-state index in [0.29, 0.717) is 0 Å². The van der Waals surface area contributed by atoms with Crippen molar-refractivity contribution in [1.82, 2.24) is 0 Å². The number of nitrogens with zero attached hydrogens (tertiary/aromatic N) is 2. The van der Waals surface area contributed by atoms with E-state index in [1.165, 1.54) is 156 Å². The van der Waals surface area contributed by atoms with Gasteiger partial charge in [-0.25, -0.2) is 0 Å². The predicted molar refractivity (Wildman–Crippen MR) is 622 cm³/mol. The van der Waals surface area contributed by atoms with Crippen LogP contribution in [0.4, 0.5) is 34.1 Å². The van der Waals surface area contributed by atoms with E-state index in [-0.39, 0.29) is 0 Å². The number of benzene rings is 24. The third-order valence-corrected chi connectivity index (χ3v) is 30.0. The molecule has 2 aliphatic rings. The maximum absolute atomic E-state index is 2.52. The maximum atomic E-state index is 2.52. The third kappa shape index (κ3) is 17.1. The van der Waals surface area contributed by atoms with Gasteiger partial charge in [-0.1, -0.05) is 540 Å². The number of hydrogen-bond acceptors (Lipinski definition) is 2. The summed E-state index contributed by atoms with van der Waals surface area (Å²) in [6.45, 7) is 0. The minimum atomic E-state index is -0.592. The molecule has 696 valence electrons. The van der Waals surface area contributed by atoms with E-state index in [9.17, 15) is 0 Å². The van der Waals surface area contributed by atoms with Crippen LogP contribution in [0.3, 0.4) is 0 Å². The Morgan fingerprint density at radius 3 is 0.520 bits per heavy atom. The lowest BCUT2D eigenvalue weighted by Crippen LogP contribution is -2.28. The van der Waals surface area contributed by atoms with Gasteiger partial charge < -0.3 is 9.80 Å². The summed E-state index contributed by atoms with van der Waals surface area (Å²) >= 11 is 0. The topological polar surface area (TPSA) is 6.48 Å². The van der Waals surface area contributed by atoms with Gasteiger partial charge in [0.1, 0.15) is 0 Å². The second kappa shape index (κ2) is 40.0. The highest BCUT2D eigenvalue weighted by Crippen LogP contribution is 2.62. The van der Waals surface area contributed by atoms with Gasteiger partial charge >= 0.3 is 0 Å². The van der Waals surface area contributed by atoms with Crippen LogP contribution in [0.1, 0.15) is 44.5 Å². The van der Waals surface area contributed by atoms with Crippen molar-refractivity contribution < 1.29 is 0 Å². The summed E-state index contributed by atoms with van der Waals surface area (Å²) in [6, 6.07) is 227. The lowest BCUT2D eigenvalue weighted by atomic mass is 9.67. The van der Waals surface area contributed by atoms with E-state index in [1.54, 1.807) is 0 Å². The zero-order valence-corrected chi connectivity index (χ0v) is 81.8. The summed E-state index contributed by atoms with van der Waals surface area (Å²) in [5, 5.41) is 0. The first-order chi connectivity index (χ1) is 73.4. The van der Waals surface area contributed by atoms with Gasteiger partial charge in [0, 0.05) is 33.9 Å². The summed E-state index contributed by atoms with van der Waals surface area (Å²) in [7, 11) is 0. The van der Waals surface area contributed by atoms with Crippen LogP contribution in [0.5, 0.6) is 0 Å². The van der Waals surface area contributed by atoms with Gasteiger partial charge in [-0.15, -0.1) is 0 Å². The second-order valence-corrected chi connectivity index (χ2v) is 38.4. The molecule has 26 rings (SSSR count). The Labute approximate surface area is 867 Å². The number of anilines is 6. The number of hydrogen-bond donors (Lipinski definition) is 0. The maximum Gasteiger partial charge on any atom is 0.0714 e. The fourth-order valence-electron chi connectivity index (χ4n) is 22.8. The monoisotopic (exact) mass is 1880 g/mol. The van der Waals surface area contributed by atoms with Gasteiger partial charge in [0.2, 0.25) is 0 Å². The van der Waals surface area contributed by atoms with Gasteiger partial charge in [-0.05, 0) is 268 Å². The zero-order chi connectivity index (χ0) is 98.5. The third-order valence-electron chi connectivity index (χ3n) is 30.0. The van der Waals surface area contributed by atoms with Gasteiger partial charge in [0.15, 0.2) is 0 Å². The van der Waals surface area contributed by atoms with Crippen molar-refractivity contribution in [3.63, 3.8) is 0 Å². The van der Waals surface area contributed by atoms with Gasteiger partial charge in [-0.3, -0.25) is 0 Å². The first-order valence-corrected chi connectivity index (χ1v) is 51.1. The average Bonchev–Trinajstić information content (AvgIpc) is 1.53. The van der Waals surface area contributed by atoms with Crippen LogP contribution in [-0.2, 0) is 10.8 Å². The van der Waals surface area contributed by atoms with E-state index in [2.05, 4.69) is 629 Å². The summed E-state index contributed by atoms with van der Waals surface area (Å²) < 4.78 is 0. The van der Waals surface area contributed by atoms with E-state index in [4.69, 9.17) is 0 Å². The standard InChI is InChI=1S/2C73H51N/c1-6-19-52(20-7-1)55-33-37-57(38-34-55)59-41-45-65(46-42-59)74(66-47-43-60(44-48-66)58-39-35-56(36-40-58)53-21-8-2-9-22-53)72-51-71-69(50-68(72)62-26-18-25-61(49-62)54-23-10-3-11-24-54)67-31-16-17-32-70(67)73(71,63-27-12-4-13-28-63)64-29-14-5-15-30-64;1-6-18-52(19-7-1)55-30-34-58(35-31-55)60-42-46-65(47-43-60)74(66-48-44-61(45-49-66)59-36-32-56(33-37-59)53-20-8-2-9-21-53)72-51-71-69(50-68(72)62-40-38-57(39-41-62)54-22-10-3-11-23-54)67-28-16-17-29-70(67)73(71,63-24-12-4-13-25-63)64-26-14-5-15-27-64/h2*1-51H. The Morgan fingerprint density at radius 1 is 0.101 bits per heavy atom. The summed E-state index contributed by atoms with van der Waals surface area (Å²) in [6.07, 6.45) is 0. The van der Waals surface area contributed by atoms with E-state index in [1.807, 2.05) is 0 Å². The predicted octanol–water partition coefficient (Wildman–Crippen LogP) is 39.0. The molecule has 2 aliphatic carbocycles. The molecule has 24 aromatic rings. The summed E-state index contributed by atoms with van der Waals surface area (Å²) in [4.78, 5) is 4.97. The molecule has 0 saturated carbocycles. The van der Waals surface area contributed by atoms with Gasteiger partial charge in [0.25, 0.3) is 0 Å². The molecule has 2 heteroatoms. The molecule has 0 bridgehead atoms. The van der Waals surface area contributed by atoms with Crippen LogP contribution in [0, 0.1) is 0 Å². The normalized spacial score (nSPS) is 12.2. The molecule has 0 N–H and O–H groups in total. The Kier molecular flexibility index (Phi) is 24.4. The lowest BCUT2D eigenvalue weighted by molar-refractivity contribution is 0.768. The first kappa shape index (κ1) is 90.2. The van der Waals surface area contributed by atoms with Crippen molar-refractivity contribution in [2.24, 2.45) is 0 Å². The Balaban J connectivity index is 0.000000154. The molecule has 148 heavy (non-hydrogen) atoms. The molecule has 0 aromatic heterocycles. The van der Waals surface area contributed by atoms with E-state index < -0.39 is 10.8 Å². The molecule has 0 heterocycles. The van der Waals surface area contributed by atoms with Crippen molar-refractivity contribution >= 4 is 34.1 Å². The fourth-order valence-corrected chi connectivity index (χ4v) is 22.8. The molecule has 0 amide bonds. The van der Waals surface area contributed by atoms with Crippen LogP contribution < -0.4 is 9.80 Å². The molecule has 0 saturated heterocycles. The highest BCUT2D eigenvalue weighted by atomic mass is 15.2. The molecule has 0 aliphatic heterocycles. The number of rotatable bonds is 22. The molecular weight excluding hydrogens is 1780 g/mol. The molecular formula is C146H102N2. The SMILES string of the molecule is c1ccc(-c2ccc(-c3ccc(N(c4ccc(-c5ccc(-c6ccccc6)cc5)cc4)c4cc5c(cc4-c4ccc(-c6ccccc6)cc4)-c4ccccc4C5(c4ccccc4)c4ccccc4)cc3)cc2)cc1.c1ccc(-c2ccc(-c3ccc(N(c4ccc(-c5ccc(-c6ccccc6)cc5)cc4)c4cc5c(cc4-c4cccc(-c6ccccc6)c4)-c4ccccc4C5(c4ccccc4)c4ccccc4)cc3)cc2)cc1. The lowest BCUT2D eigenvalue weighted by Gasteiger charge is -2.35. The van der Waals surface area contributed by atoms with Crippen LogP contribution >= 0.6 is 0 Å². The zero-order valence-electron chi connectivity index (χ0n) is 81.8. The van der Waals surface area contributed by atoms with Crippen LogP contribution in [0.25, 0.3) is 156 Å². The second-order valence-electron chi connectivity index (χ2n) is 38.4. The Bertz CT molecular complexity index is 8430. The largest absolute Gasteiger partial charge is 0.310 e. The first-order valence-electron chi connectivity index (χ1n) is 51.1. The molecule has 0 unspecified atom stereocenters. The van der Waals surface area contributed by atoms with E-state index >= 15 is 0 Å². The highest BCUT2D eigenvalue weighted by molar-refractivity contribution is 6.01. The molecule has 0 fully saturated rings. The highest BCUT2D eigenvalue weighted by Gasteiger charge is 2.49. The molecule has 0 atom stereocenters. The van der Waals surface area contributed by atoms with E-state index in [0.717, 1.165) is 78.6 Å². The Morgan fingerprint density at radius 2 is 0.277 bits per heavy atom. The van der Waals surface area contributed by atoms with Gasteiger partial charge in [0.05, 0.1) is 22.2 Å². The van der Waals surface area contributed by atoms with Crippen molar-refractivity contribution in [2.45, 2.75) is 10.8 Å². The van der Waals surface area contributed by atoms with Crippen molar-refractivity contribution in [1.29, 1.82) is 0 Å². The quantitative estimate of drug-likeness (QED) is 0.0667. The summed E-state index contributed by atoms with van der Waals surface area (Å²) in [5.74, 6) is 0. The molecule has 0 spiro atoms. The van der Waals surface area contributed by atoms with Crippen molar-refractivity contribution in [3.8, 4) is 156 Å². The average molecular weight is 1880 g/mol. The number of fused-ring (bicyclic) bond motifs is 6. The van der Waals surface area contributed by atoms with Crippen LogP contribution in [-0.4, -0.2) is 0 Å². The van der Waals surface area contributed by atoms with Gasteiger partial charge in [-0.2, -0.15) is 0 Å². The van der Waals surface area contributed by atoms with Crippen molar-refractivity contribution in [3.05, 3.63) is 663 Å². The van der Waals surface area contributed by atoms with Crippen LogP contribution in [0.2, 0.25) is 0 Å².